The van der Waals surface area contributed by atoms with E-state index in [0.717, 1.165) is 11.6 Å². The maximum atomic E-state index is 2.45. The van der Waals surface area contributed by atoms with Crippen molar-refractivity contribution in [1.82, 2.24) is 0 Å². The van der Waals surface area contributed by atoms with E-state index in [0.29, 0.717) is 10.8 Å². The summed E-state index contributed by atoms with van der Waals surface area (Å²) in [6.07, 6.45) is 11.9. The molecule has 0 unspecified atom stereocenters. The molecule has 2 fully saturated rings. The normalized spacial score (nSPS) is 30.1. The predicted octanol–water partition coefficient (Wildman–Crippen LogP) is 5.20. The zero-order chi connectivity index (χ0) is 12.5. The molecule has 0 aliphatic heterocycles. The standard InChI is InChI=1S/C16H31B/c1-15(2)9-5-13(6-10-15)17-14-7-11-16(3,4)12-8-14/h13-14,17H,5-12H2,1-4H3. The monoisotopic (exact) mass is 234 g/mol. The summed E-state index contributed by atoms with van der Waals surface area (Å²) in [5, 5.41) is 0. The van der Waals surface area contributed by atoms with Gasteiger partial charge in [0.2, 0.25) is 0 Å². The van der Waals surface area contributed by atoms with Crippen molar-refractivity contribution in [1.29, 1.82) is 0 Å². The van der Waals surface area contributed by atoms with E-state index in [1.165, 1.54) is 51.4 Å². The molecule has 0 bridgehead atoms. The highest BCUT2D eigenvalue weighted by Crippen LogP contribution is 2.45. The second-order valence-corrected chi connectivity index (χ2v) is 8.45. The highest BCUT2D eigenvalue weighted by atomic mass is 14.3. The van der Waals surface area contributed by atoms with Gasteiger partial charge in [-0.1, -0.05) is 65.0 Å². The first-order valence-corrected chi connectivity index (χ1v) is 7.86. The van der Waals surface area contributed by atoms with Crippen LogP contribution in [0.15, 0.2) is 0 Å². The Morgan fingerprint density at radius 1 is 0.647 bits per heavy atom. The zero-order valence-corrected chi connectivity index (χ0v) is 12.5. The predicted molar refractivity (Wildman–Crippen MR) is 79.1 cm³/mol. The van der Waals surface area contributed by atoms with Crippen LogP contribution >= 0.6 is 0 Å². The topological polar surface area (TPSA) is 0 Å². The molecule has 98 valence electrons. The third-order valence-corrected chi connectivity index (χ3v) is 5.58. The summed E-state index contributed by atoms with van der Waals surface area (Å²) in [5.41, 5.74) is 1.29. The van der Waals surface area contributed by atoms with Crippen molar-refractivity contribution < 1.29 is 0 Å². The molecule has 2 saturated carbocycles. The van der Waals surface area contributed by atoms with Crippen LogP contribution in [0, 0.1) is 10.8 Å². The zero-order valence-electron chi connectivity index (χ0n) is 12.5. The molecule has 1 heteroatoms. The fourth-order valence-corrected chi connectivity index (χ4v) is 3.86. The van der Waals surface area contributed by atoms with Crippen LogP contribution in [0.4, 0.5) is 0 Å². The first-order valence-electron chi connectivity index (χ1n) is 7.86. The average Bonchev–Trinajstić information content (AvgIpc) is 2.24. The molecule has 0 aromatic carbocycles. The number of hydrogen-bond donors (Lipinski definition) is 0. The molecular weight excluding hydrogens is 203 g/mol. The third-order valence-electron chi connectivity index (χ3n) is 5.58. The van der Waals surface area contributed by atoms with Crippen molar-refractivity contribution in [2.75, 3.05) is 0 Å². The van der Waals surface area contributed by atoms with E-state index in [-0.39, 0.29) is 0 Å². The second kappa shape index (κ2) is 4.98. The van der Waals surface area contributed by atoms with Gasteiger partial charge in [-0.25, -0.2) is 0 Å². The quantitative estimate of drug-likeness (QED) is 0.576. The molecular formula is C16H31B. The fraction of sp³-hybridized carbons (Fsp3) is 1.00. The molecule has 0 nitrogen and oxygen atoms in total. The molecule has 0 amide bonds. The van der Waals surface area contributed by atoms with Crippen LogP contribution in [-0.4, -0.2) is 7.28 Å². The summed E-state index contributed by atoms with van der Waals surface area (Å²) in [6, 6.07) is 0. The Morgan fingerprint density at radius 3 is 1.24 bits per heavy atom. The van der Waals surface area contributed by atoms with E-state index < -0.39 is 0 Å². The Bertz CT molecular complexity index is 208. The molecule has 0 spiro atoms. The summed E-state index contributed by atoms with van der Waals surface area (Å²) in [4.78, 5) is 0. The lowest BCUT2D eigenvalue weighted by molar-refractivity contribution is 0.233. The summed E-state index contributed by atoms with van der Waals surface area (Å²) >= 11 is 0. The molecule has 0 saturated heterocycles. The summed E-state index contributed by atoms with van der Waals surface area (Å²) in [5.74, 6) is 2.13. The Morgan fingerprint density at radius 2 is 0.941 bits per heavy atom. The van der Waals surface area contributed by atoms with E-state index in [4.69, 9.17) is 0 Å². The fourth-order valence-electron chi connectivity index (χ4n) is 3.86. The van der Waals surface area contributed by atoms with Gasteiger partial charge in [0.25, 0.3) is 0 Å². The van der Waals surface area contributed by atoms with Gasteiger partial charge in [0.05, 0.1) is 0 Å². The lowest BCUT2D eigenvalue weighted by Gasteiger charge is -2.38. The first-order chi connectivity index (χ1) is 7.86. The number of hydrogen-bond acceptors (Lipinski definition) is 0. The van der Waals surface area contributed by atoms with E-state index in [9.17, 15) is 0 Å². The maximum absolute atomic E-state index is 2.45. The first kappa shape index (κ1) is 13.5. The van der Waals surface area contributed by atoms with Gasteiger partial charge in [-0.2, -0.15) is 0 Å². The second-order valence-electron chi connectivity index (χ2n) is 8.45. The van der Waals surface area contributed by atoms with Gasteiger partial charge in [-0.3, -0.25) is 0 Å². The van der Waals surface area contributed by atoms with Crippen LogP contribution in [0.1, 0.15) is 79.1 Å². The van der Waals surface area contributed by atoms with Crippen molar-refractivity contribution in [2.45, 2.75) is 90.7 Å². The Labute approximate surface area is 109 Å². The molecule has 2 rings (SSSR count). The number of rotatable bonds is 2. The highest BCUT2D eigenvalue weighted by molar-refractivity contribution is 6.39. The Hall–Kier alpha value is 0.0649. The van der Waals surface area contributed by atoms with E-state index in [2.05, 4.69) is 27.7 Å². The summed E-state index contributed by atoms with van der Waals surface area (Å²) < 4.78 is 0. The smallest absolute Gasteiger partial charge is 0.0654 e. The van der Waals surface area contributed by atoms with Crippen molar-refractivity contribution in [3.8, 4) is 0 Å². The summed E-state index contributed by atoms with van der Waals surface area (Å²) in [7, 11) is 1.55. The van der Waals surface area contributed by atoms with Gasteiger partial charge >= 0.3 is 0 Å². The van der Waals surface area contributed by atoms with Gasteiger partial charge < -0.3 is 0 Å². The van der Waals surface area contributed by atoms with Crippen molar-refractivity contribution in [3.63, 3.8) is 0 Å². The van der Waals surface area contributed by atoms with Crippen LogP contribution in [0.5, 0.6) is 0 Å². The molecule has 0 radical (unpaired) electrons. The van der Waals surface area contributed by atoms with E-state index in [1.807, 2.05) is 0 Å². The third kappa shape index (κ3) is 4.03. The van der Waals surface area contributed by atoms with Crippen molar-refractivity contribution in [2.24, 2.45) is 10.8 Å². The molecule has 2 aliphatic rings. The van der Waals surface area contributed by atoms with Gasteiger partial charge in [0.1, 0.15) is 7.28 Å². The van der Waals surface area contributed by atoms with Crippen molar-refractivity contribution in [3.05, 3.63) is 0 Å². The minimum absolute atomic E-state index is 0.644. The lowest BCUT2D eigenvalue weighted by Crippen LogP contribution is -2.26. The van der Waals surface area contributed by atoms with Crippen LogP contribution in [0.2, 0.25) is 11.6 Å². The van der Waals surface area contributed by atoms with Gasteiger partial charge in [-0.15, -0.1) is 0 Å². The molecule has 17 heavy (non-hydrogen) atoms. The van der Waals surface area contributed by atoms with Crippen LogP contribution in [0.25, 0.3) is 0 Å². The van der Waals surface area contributed by atoms with Gasteiger partial charge in [-0.05, 0) is 36.5 Å². The molecule has 0 atom stereocenters. The van der Waals surface area contributed by atoms with Crippen molar-refractivity contribution >= 4 is 7.28 Å². The SMILES string of the molecule is CC1(C)CCC(BC2CCC(C)(C)CC2)CC1. The largest absolute Gasteiger partial charge is 0.127 e. The van der Waals surface area contributed by atoms with Crippen LogP contribution in [0.3, 0.4) is 0 Å². The lowest BCUT2D eigenvalue weighted by atomic mass is 9.46. The van der Waals surface area contributed by atoms with Crippen LogP contribution < -0.4 is 0 Å². The van der Waals surface area contributed by atoms with E-state index >= 15 is 0 Å². The Kier molecular flexibility index (Phi) is 3.95. The van der Waals surface area contributed by atoms with Crippen LogP contribution in [-0.2, 0) is 0 Å². The maximum Gasteiger partial charge on any atom is 0.127 e. The summed E-state index contributed by atoms with van der Waals surface area (Å²) in [6.45, 7) is 9.80. The minimum atomic E-state index is 0.644. The minimum Gasteiger partial charge on any atom is -0.0654 e. The molecule has 0 aromatic rings. The average molecular weight is 234 g/mol. The van der Waals surface area contributed by atoms with Gasteiger partial charge in [0.15, 0.2) is 0 Å². The van der Waals surface area contributed by atoms with Gasteiger partial charge in [0, 0.05) is 0 Å². The Balaban J connectivity index is 1.72. The van der Waals surface area contributed by atoms with E-state index in [1.54, 1.807) is 7.28 Å². The molecule has 2 aliphatic carbocycles. The molecule has 0 N–H and O–H groups in total. The molecule has 0 aromatic heterocycles. The molecule has 0 heterocycles. The highest BCUT2D eigenvalue weighted by Gasteiger charge is 2.32.